The molecule has 0 aromatic rings. The lowest BCUT2D eigenvalue weighted by Gasteiger charge is -2.72. The molecular formula is C42H70O14. The zero-order valence-corrected chi connectivity index (χ0v) is 34.2. The first kappa shape index (κ1) is 43.3. The second-order valence-corrected chi connectivity index (χ2v) is 20.8. The highest BCUT2D eigenvalue weighted by molar-refractivity contribution is 5.37. The Morgan fingerprint density at radius 2 is 1.39 bits per heavy atom. The van der Waals surface area contributed by atoms with E-state index < -0.39 is 113 Å². The topological polar surface area (TPSA) is 239 Å². The van der Waals surface area contributed by atoms with E-state index in [4.69, 9.17) is 18.9 Å². The van der Waals surface area contributed by atoms with Crippen molar-refractivity contribution in [1.29, 1.82) is 0 Å². The first-order valence-electron chi connectivity index (χ1n) is 21.0. The molecule has 0 bridgehead atoms. The minimum atomic E-state index is -1.75. The van der Waals surface area contributed by atoms with E-state index in [-0.39, 0.29) is 36.4 Å². The van der Waals surface area contributed by atoms with Crippen LogP contribution < -0.4 is 0 Å². The molecule has 14 heteroatoms. The summed E-state index contributed by atoms with van der Waals surface area (Å²) < 4.78 is 24.0. The van der Waals surface area contributed by atoms with Crippen LogP contribution in [0.4, 0.5) is 0 Å². The van der Waals surface area contributed by atoms with Gasteiger partial charge in [-0.2, -0.15) is 0 Å². The summed E-state index contributed by atoms with van der Waals surface area (Å²) in [6, 6.07) is 0. The summed E-state index contributed by atoms with van der Waals surface area (Å²) in [7, 11) is 0. The molecule has 6 fully saturated rings. The highest BCUT2D eigenvalue weighted by Gasteiger charge is 2.72. The molecule has 2 saturated heterocycles. The minimum absolute atomic E-state index is 0.0351. The van der Waals surface area contributed by atoms with Crippen LogP contribution in [0.1, 0.15) is 99.8 Å². The molecule has 4 unspecified atom stereocenters. The van der Waals surface area contributed by atoms with Gasteiger partial charge in [-0.25, -0.2) is 0 Å². The van der Waals surface area contributed by atoms with Crippen LogP contribution >= 0.6 is 0 Å². The second kappa shape index (κ2) is 14.7. The molecule has 322 valence electrons. The predicted molar refractivity (Wildman–Crippen MR) is 200 cm³/mol. The average Bonchev–Trinajstić information content (AvgIpc) is 3.14. The third kappa shape index (κ3) is 6.17. The van der Waals surface area contributed by atoms with Gasteiger partial charge in [0.05, 0.1) is 44.2 Å². The second-order valence-electron chi connectivity index (χ2n) is 20.8. The first-order valence-corrected chi connectivity index (χ1v) is 21.0. The smallest absolute Gasteiger partial charge is 0.187 e. The molecule has 0 spiro atoms. The van der Waals surface area contributed by atoms with Gasteiger partial charge < -0.3 is 70.0 Å². The van der Waals surface area contributed by atoms with Crippen LogP contribution in [-0.4, -0.2) is 151 Å². The quantitative estimate of drug-likeness (QED) is 0.126. The summed E-state index contributed by atoms with van der Waals surface area (Å²) in [6.07, 6.45) is -9.02. The molecule has 21 atom stereocenters. The summed E-state index contributed by atoms with van der Waals surface area (Å²) in [5.74, 6) is -0.373. The van der Waals surface area contributed by atoms with Crippen molar-refractivity contribution < 1.29 is 70.0 Å². The molecule has 2 aliphatic heterocycles. The normalized spacial score (nSPS) is 56.9. The summed E-state index contributed by atoms with van der Waals surface area (Å²) in [6.45, 7) is 13.9. The van der Waals surface area contributed by atoms with Crippen LogP contribution in [0, 0.1) is 50.2 Å². The summed E-state index contributed by atoms with van der Waals surface area (Å²) in [4.78, 5) is 0. The molecule has 2 heterocycles. The summed E-state index contributed by atoms with van der Waals surface area (Å²) >= 11 is 0. The molecule has 0 aromatic carbocycles. The van der Waals surface area contributed by atoms with Crippen molar-refractivity contribution >= 4 is 0 Å². The molecule has 10 N–H and O–H groups in total. The third-order valence-electron chi connectivity index (χ3n) is 17.4. The first-order chi connectivity index (χ1) is 26.1. The van der Waals surface area contributed by atoms with Crippen LogP contribution in [0.3, 0.4) is 0 Å². The third-order valence-corrected chi connectivity index (χ3v) is 17.4. The molecule has 4 saturated carbocycles. The molecule has 5 aliphatic carbocycles. The SMILES string of the molecule is C[C@H]1O[C@@H](O[C@H]2CC[C@@]3(C)C(CC[C@]4(C)C3[C@H](O)C=C3C5CC(C)(C)CCC5(CO)[C@H](O)C[C@]34C)[C@]2(C)CO)[C@H](O)[C@@H](O[C@@H]2O[C@H](CO)[C@@H](O)[C@H](O)[C@H]2O)[C@H]1O. The highest BCUT2D eigenvalue weighted by Crippen LogP contribution is 2.76. The van der Waals surface area contributed by atoms with Gasteiger partial charge in [-0.15, -0.1) is 0 Å². The Morgan fingerprint density at radius 3 is 2.04 bits per heavy atom. The van der Waals surface area contributed by atoms with Crippen molar-refractivity contribution in [1.82, 2.24) is 0 Å². The Balaban J connectivity index is 1.15. The number of hydrogen-bond donors (Lipinski definition) is 10. The fraction of sp³-hybridized carbons (Fsp3) is 0.952. The lowest BCUT2D eigenvalue weighted by atomic mass is 9.33. The molecule has 0 amide bonds. The number of aliphatic hydroxyl groups is 10. The van der Waals surface area contributed by atoms with E-state index in [9.17, 15) is 51.1 Å². The maximum Gasteiger partial charge on any atom is 0.187 e. The van der Waals surface area contributed by atoms with Crippen molar-refractivity contribution in [2.45, 2.75) is 180 Å². The van der Waals surface area contributed by atoms with Crippen molar-refractivity contribution in [3.8, 4) is 0 Å². The van der Waals surface area contributed by atoms with Gasteiger partial charge in [0.25, 0.3) is 0 Å². The highest BCUT2D eigenvalue weighted by atomic mass is 16.7. The number of fused-ring (bicyclic) bond motifs is 7. The molecular weight excluding hydrogens is 728 g/mol. The zero-order chi connectivity index (χ0) is 41.1. The molecule has 7 aliphatic rings. The van der Waals surface area contributed by atoms with E-state index in [1.54, 1.807) is 6.92 Å². The largest absolute Gasteiger partial charge is 0.396 e. The van der Waals surface area contributed by atoms with Gasteiger partial charge in [0.15, 0.2) is 12.6 Å². The molecule has 0 radical (unpaired) electrons. The average molecular weight is 799 g/mol. The molecule has 56 heavy (non-hydrogen) atoms. The zero-order valence-electron chi connectivity index (χ0n) is 34.2. The van der Waals surface area contributed by atoms with Crippen LogP contribution in [0.15, 0.2) is 11.6 Å². The molecule has 14 nitrogen and oxygen atoms in total. The maximum absolute atomic E-state index is 12.4. The van der Waals surface area contributed by atoms with Gasteiger partial charge in [-0.1, -0.05) is 53.2 Å². The Labute approximate surface area is 330 Å². The predicted octanol–water partition coefficient (Wildman–Crippen LogP) is 0.731. The van der Waals surface area contributed by atoms with Crippen molar-refractivity contribution in [3.05, 3.63) is 11.6 Å². The standard InChI is InChI=1S/C42H70O14/c1-20-28(48)33(56-35-31(51)30(50)29(49)24(17-43)54-35)32(52)36(53-20)55-27-9-10-38(4)25(39(27,5)18-44)8-11-40(6)34(38)23(46)14-21-22-15-37(2,3)12-13-42(22,19-45)26(47)16-41(21,40)7/h14,20,22-36,43-52H,8-13,15-19H2,1-7H3/t20-,22?,23-,24-,25?,26-,27+,28+,29-,30+,31-,32-,33+,34?,35+,36+,38+,39+,40-,41-,42?/m1/s1. The van der Waals surface area contributed by atoms with Crippen molar-refractivity contribution in [2.75, 3.05) is 19.8 Å². The van der Waals surface area contributed by atoms with Gasteiger partial charge in [-0.05, 0) is 91.8 Å². The van der Waals surface area contributed by atoms with Crippen molar-refractivity contribution in [2.24, 2.45) is 50.2 Å². The van der Waals surface area contributed by atoms with Crippen LogP contribution in [0.25, 0.3) is 0 Å². The van der Waals surface area contributed by atoms with E-state index in [1.165, 1.54) is 5.57 Å². The van der Waals surface area contributed by atoms with Crippen LogP contribution in [-0.2, 0) is 18.9 Å². The lowest BCUT2D eigenvalue weighted by Crippen LogP contribution is -2.70. The number of aliphatic hydroxyl groups excluding tert-OH is 10. The lowest BCUT2D eigenvalue weighted by molar-refractivity contribution is -0.368. The number of rotatable bonds is 7. The number of allylic oxidation sites excluding steroid dienone is 1. The van der Waals surface area contributed by atoms with Gasteiger partial charge in [0.1, 0.15) is 42.7 Å². The van der Waals surface area contributed by atoms with E-state index in [2.05, 4.69) is 40.7 Å². The van der Waals surface area contributed by atoms with Gasteiger partial charge in [0, 0.05) is 16.7 Å². The summed E-state index contributed by atoms with van der Waals surface area (Å²) in [5, 5.41) is 110. The minimum Gasteiger partial charge on any atom is -0.396 e. The monoisotopic (exact) mass is 798 g/mol. The van der Waals surface area contributed by atoms with Crippen LogP contribution in [0.5, 0.6) is 0 Å². The summed E-state index contributed by atoms with van der Waals surface area (Å²) in [5.41, 5.74) is -1.56. The van der Waals surface area contributed by atoms with Crippen LogP contribution in [0.2, 0.25) is 0 Å². The fourth-order valence-corrected chi connectivity index (χ4v) is 13.8. The van der Waals surface area contributed by atoms with Gasteiger partial charge >= 0.3 is 0 Å². The number of hydrogen-bond acceptors (Lipinski definition) is 14. The Bertz CT molecular complexity index is 1480. The van der Waals surface area contributed by atoms with Crippen molar-refractivity contribution in [3.63, 3.8) is 0 Å². The van der Waals surface area contributed by atoms with E-state index in [0.29, 0.717) is 19.3 Å². The van der Waals surface area contributed by atoms with Gasteiger partial charge in [-0.3, -0.25) is 0 Å². The van der Waals surface area contributed by atoms with E-state index >= 15 is 0 Å². The maximum atomic E-state index is 12.4. The number of ether oxygens (including phenoxy) is 4. The fourth-order valence-electron chi connectivity index (χ4n) is 13.8. The van der Waals surface area contributed by atoms with E-state index in [0.717, 1.165) is 32.1 Å². The Morgan fingerprint density at radius 1 is 0.714 bits per heavy atom. The molecule has 0 aromatic heterocycles. The Kier molecular flexibility index (Phi) is 11.3. The molecule has 7 rings (SSSR count). The Hall–Kier alpha value is -0.820. The van der Waals surface area contributed by atoms with E-state index in [1.807, 2.05) is 6.92 Å². The van der Waals surface area contributed by atoms with Gasteiger partial charge in [0.2, 0.25) is 0 Å².